The summed E-state index contributed by atoms with van der Waals surface area (Å²) in [6.45, 7) is 13.4. The summed E-state index contributed by atoms with van der Waals surface area (Å²) in [7, 11) is 0. The first kappa shape index (κ1) is 22.4. The van der Waals surface area contributed by atoms with Gasteiger partial charge in [-0.1, -0.05) is 18.2 Å². The van der Waals surface area contributed by atoms with Crippen LogP contribution in [-0.4, -0.2) is 72.2 Å². The van der Waals surface area contributed by atoms with Gasteiger partial charge in [0.25, 0.3) is 0 Å². The predicted octanol–water partition coefficient (Wildman–Crippen LogP) is 2.64. The SMILES string of the molecule is C=C(/N=C(Cl)\C=C(/N)OC1CCN(C(=O)OC(C)(C)C)CC1)N1CCOCC1. The van der Waals surface area contributed by atoms with Crippen molar-refractivity contribution in [3.05, 3.63) is 24.4 Å². The molecule has 0 aliphatic carbocycles. The summed E-state index contributed by atoms with van der Waals surface area (Å²) in [5.74, 6) is 0.766. The van der Waals surface area contributed by atoms with Crippen molar-refractivity contribution < 1.29 is 19.0 Å². The molecule has 0 aromatic rings. The molecule has 0 aromatic heterocycles. The molecule has 2 heterocycles. The van der Waals surface area contributed by atoms with E-state index in [2.05, 4.69) is 11.6 Å². The Morgan fingerprint density at radius 1 is 1.21 bits per heavy atom. The lowest BCUT2D eigenvalue weighted by Crippen LogP contribution is -2.43. The van der Waals surface area contributed by atoms with Crippen LogP contribution in [-0.2, 0) is 14.2 Å². The van der Waals surface area contributed by atoms with Crippen molar-refractivity contribution in [2.24, 2.45) is 10.7 Å². The number of amides is 1. The maximum Gasteiger partial charge on any atom is 0.410 e. The molecule has 0 spiro atoms. The molecular formula is C19H31ClN4O4. The van der Waals surface area contributed by atoms with Gasteiger partial charge in [-0.25, -0.2) is 9.79 Å². The monoisotopic (exact) mass is 414 g/mol. The van der Waals surface area contributed by atoms with Gasteiger partial charge in [0.2, 0.25) is 0 Å². The Bertz CT molecular complexity index is 616. The molecule has 2 rings (SSSR count). The number of hydrogen-bond acceptors (Lipinski definition) is 7. The molecule has 2 aliphatic heterocycles. The second-order valence-electron chi connectivity index (χ2n) is 7.78. The van der Waals surface area contributed by atoms with Crippen LogP contribution in [0.3, 0.4) is 0 Å². The number of morpholine rings is 1. The number of ether oxygens (including phenoxy) is 3. The van der Waals surface area contributed by atoms with Crippen LogP contribution in [0.25, 0.3) is 0 Å². The van der Waals surface area contributed by atoms with Gasteiger partial charge in [-0.3, -0.25) is 0 Å². The van der Waals surface area contributed by atoms with Crippen LogP contribution in [0.4, 0.5) is 4.79 Å². The molecule has 0 aromatic carbocycles. The van der Waals surface area contributed by atoms with Gasteiger partial charge in [0, 0.05) is 45.1 Å². The number of carbonyl (C=O) groups excluding carboxylic acids is 1. The van der Waals surface area contributed by atoms with E-state index in [9.17, 15) is 4.79 Å². The number of halogens is 1. The molecule has 2 fully saturated rings. The molecule has 0 bridgehead atoms. The second-order valence-corrected chi connectivity index (χ2v) is 8.17. The molecular weight excluding hydrogens is 384 g/mol. The van der Waals surface area contributed by atoms with Crippen LogP contribution in [0.15, 0.2) is 29.4 Å². The standard InChI is InChI=1S/C19H31ClN4O4/c1-14(23-9-11-26-12-10-23)22-16(20)13-17(21)27-15-5-7-24(8-6-15)18(25)28-19(2,3)4/h13,15H,1,5-12,21H2,2-4H3/b17-13+,22-16+. The Morgan fingerprint density at radius 2 is 1.82 bits per heavy atom. The Morgan fingerprint density at radius 3 is 2.39 bits per heavy atom. The molecule has 2 saturated heterocycles. The molecule has 158 valence electrons. The van der Waals surface area contributed by atoms with Crippen LogP contribution in [0.5, 0.6) is 0 Å². The topological polar surface area (TPSA) is 89.6 Å². The second kappa shape index (κ2) is 10.0. The van der Waals surface area contributed by atoms with Crippen LogP contribution in [0.1, 0.15) is 33.6 Å². The van der Waals surface area contributed by atoms with Gasteiger partial charge in [0.05, 0.1) is 13.2 Å². The zero-order valence-corrected chi connectivity index (χ0v) is 17.7. The number of aliphatic imine (C=N–C) groups is 1. The van der Waals surface area contributed by atoms with E-state index in [0.29, 0.717) is 45.0 Å². The Kier molecular flexibility index (Phi) is 8.00. The quantitative estimate of drug-likeness (QED) is 0.549. The third-order valence-corrected chi connectivity index (χ3v) is 4.46. The summed E-state index contributed by atoms with van der Waals surface area (Å²) in [6.07, 6.45) is 2.44. The van der Waals surface area contributed by atoms with E-state index in [1.165, 1.54) is 6.08 Å². The minimum atomic E-state index is -0.501. The van der Waals surface area contributed by atoms with Gasteiger partial charge in [-0.05, 0) is 20.8 Å². The number of nitrogens with two attached hydrogens (primary N) is 1. The lowest BCUT2D eigenvalue weighted by atomic mass is 10.1. The summed E-state index contributed by atoms with van der Waals surface area (Å²) >= 11 is 6.16. The van der Waals surface area contributed by atoms with Crippen LogP contribution >= 0.6 is 11.6 Å². The predicted molar refractivity (Wildman–Crippen MR) is 109 cm³/mol. The molecule has 0 saturated carbocycles. The zero-order chi connectivity index (χ0) is 20.7. The largest absolute Gasteiger partial charge is 0.476 e. The van der Waals surface area contributed by atoms with Crippen molar-refractivity contribution in [3.63, 3.8) is 0 Å². The van der Waals surface area contributed by atoms with Gasteiger partial charge in [-0.15, -0.1) is 0 Å². The fraction of sp³-hybridized carbons (Fsp3) is 0.684. The summed E-state index contributed by atoms with van der Waals surface area (Å²) in [4.78, 5) is 20.0. The van der Waals surface area contributed by atoms with E-state index in [1.807, 2.05) is 25.7 Å². The highest BCUT2D eigenvalue weighted by atomic mass is 35.5. The summed E-state index contributed by atoms with van der Waals surface area (Å²) < 4.78 is 16.4. The Labute approximate surface area is 171 Å². The first-order valence-electron chi connectivity index (χ1n) is 9.51. The highest BCUT2D eigenvalue weighted by Gasteiger charge is 2.27. The Balaban J connectivity index is 1.79. The van der Waals surface area contributed by atoms with Crippen LogP contribution in [0.2, 0.25) is 0 Å². The molecule has 2 aliphatic rings. The van der Waals surface area contributed by atoms with Crippen molar-refractivity contribution in [1.29, 1.82) is 0 Å². The smallest absolute Gasteiger partial charge is 0.410 e. The Hall–Kier alpha value is -1.93. The van der Waals surface area contributed by atoms with E-state index in [4.69, 9.17) is 31.5 Å². The normalized spacial score (nSPS) is 20.1. The number of piperidine rings is 1. The molecule has 0 unspecified atom stereocenters. The van der Waals surface area contributed by atoms with E-state index < -0.39 is 5.60 Å². The third-order valence-electron chi connectivity index (χ3n) is 4.27. The number of allylic oxidation sites excluding steroid dienone is 1. The first-order valence-corrected chi connectivity index (χ1v) is 9.89. The number of rotatable bonds is 5. The van der Waals surface area contributed by atoms with Gasteiger partial charge in [0.1, 0.15) is 22.7 Å². The molecule has 28 heavy (non-hydrogen) atoms. The van der Waals surface area contributed by atoms with E-state index in [1.54, 1.807) is 4.90 Å². The zero-order valence-electron chi connectivity index (χ0n) is 16.9. The van der Waals surface area contributed by atoms with Crippen molar-refractivity contribution in [3.8, 4) is 0 Å². The van der Waals surface area contributed by atoms with Gasteiger partial charge in [-0.2, -0.15) is 0 Å². The summed E-state index contributed by atoms with van der Waals surface area (Å²) in [5, 5.41) is 0.209. The maximum atomic E-state index is 12.1. The van der Waals surface area contributed by atoms with E-state index in [-0.39, 0.29) is 23.3 Å². The fourth-order valence-electron chi connectivity index (χ4n) is 2.87. The lowest BCUT2D eigenvalue weighted by Gasteiger charge is -2.33. The van der Waals surface area contributed by atoms with Crippen molar-refractivity contribution in [2.75, 3.05) is 39.4 Å². The molecule has 0 atom stereocenters. The first-order chi connectivity index (χ1) is 13.1. The van der Waals surface area contributed by atoms with E-state index >= 15 is 0 Å². The highest BCUT2D eigenvalue weighted by Crippen LogP contribution is 2.18. The van der Waals surface area contributed by atoms with Crippen LogP contribution < -0.4 is 5.73 Å². The highest BCUT2D eigenvalue weighted by molar-refractivity contribution is 6.68. The average molecular weight is 415 g/mol. The minimum Gasteiger partial charge on any atom is -0.476 e. The number of carbonyl (C=O) groups is 1. The third kappa shape index (κ3) is 7.59. The molecule has 2 N–H and O–H groups in total. The number of hydrogen-bond donors (Lipinski definition) is 1. The van der Waals surface area contributed by atoms with Crippen molar-refractivity contribution in [2.45, 2.75) is 45.3 Å². The molecule has 0 radical (unpaired) electrons. The summed E-state index contributed by atoms with van der Waals surface area (Å²) in [5.41, 5.74) is 5.44. The molecule has 9 heteroatoms. The van der Waals surface area contributed by atoms with Gasteiger partial charge >= 0.3 is 6.09 Å². The van der Waals surface area contributed by atoms with Crippen molar-refractivity contribution in [1.82, 2.24) is 9.80 Å². The average Bonchev–Trinajstić information content (AvgIpc) is 2.61. The number of likely N-dealkylation sites (tertiary alicyclic amines) is 1. The fourth-order valence-corrected chi connectivity index (χ4v) is 3.08. The lowest BCUT2D eigenvalue weighted by molar-refractivity contribution is 0.00416. The number of nitrogens with zero attached hydrogens (tertiary/aromatic N) is 3. The minimum absolute atomic E-state index is 0.0816. The van der Waals surface area contributed by atoms with Crippen molar-refractivity contribution >= 4 is 22.9 Å². The van der Waals surface area contributed by atoms with E-state index in [0.717, 1.165) is 13.1 Å². The molecule has 1 amide bonds. The maximum absolute atomic E-state index is 12.1. The summed E-state index contributed by atoms with van der Waals surface area (Å²) in [6, 6.07) is 0. The van der Waals surface area contributed by atoms with Crippen LogP contribution in [0, 0.1) is 0 Å². The van der Waals surface area contributed by atoms with Gasteiger partial charge < -0.3 is 29.7 Å². The van der Waals surface area contributed by atoms with Gasteiger partial charge in [0.15, 0.2) is 5.88 Å². The molecule has 8 nitrogen and oxygen atoms in total.